The van der Waals surface area contributed by atoms with Crippen molar-refractivity contribution < 1.29 is 9.59 Å². The van der Waals surface area contributed by atoms with Crippen molar-refractivity contribution in [3.63, 3.8) is 0 Å². The van der Waals surface area contributed by atoms with Gasteiger partial charge in [-0.15, -0.1) is 70.6 Å². The molecule has 0 spiro atoms. The molecule has 10 heteroatoms. The van der Waals surface area contributed by atoms with Crippen LogP contribution in [0.15, 0.2) is 58.4 Å². The molecule has 3 rings (SSSR count). The summed E-state index contributed by atoms with van der Waals surface area (Å²) < 4.78 is 1.19. The largest absolute Gasteiger partial charge is 0.282 e. The summed E-state index contributed by atoms with van der Waals surface area (Å²) in [4.78, 5) is 26.1. The lowest BCUT2D eigenvalue weighted by Crippen LogP contribution is -2.08. The average Bonchev–Trinajstić information content (AvgIpc) is 3.48. The van der Waals surface area contributed by atoms with E-state index < -0.39 is 0 Å². The molecule has 0 aliphatic carbocycles. The molecule has 2 nitrogen and oxygen atoms in total. The molecule has 4 unspecified atom stereocenters. The average molecular weight is 607 g/mol. The fourth-order valence-corrected chi connectivity index (χ4v) is 14.3. The SMILES string of the molecule is C=C(C)C(=O)SCC1CSC(CSc2ccc(SCC3SCC(CSC(=O)C(=C)C)S3)cc2)S1. The van der Waals surface area contributed by atoms with E-state index in [1.54, 1.807) is 13.8 Å². The minimum atomic E-state index is 0.125. The highest BCUT2D eigenvalue weighted by atomic mass is 32.2. The van der Waals surface area contributed by atoms with Crippen LogP contribution in [0.2, 0.25) is 0 Å². The number of carbonyl (C=O) groups is 2. The lowest BCUT2D eigenvalue weighted by molar-refractivity contribution is -0.108. The van der Waals surface area contributed by atoms with Gasteiger partial charge in [-0.3, -0.25) is 9.59 Å². The number of rotatable bonds is 12. The lowest BCUT2D eigenvalue weighted by atomic mass is 10.4. The summed E-state index contributed by atoms with van der Waals surface area (Å²) >= 11 is 14.8. The third-order valence-electron chi connectivity index (χ3n) is 4.72. The fraction of sp³-hybridized carbons (Fsp3) is 0.500. The van der Waals surface area contributed by atoms with E-state index in [1.165, 1.54) is 33.3 Å². The molecule has 186 valence electrons. The van der Waals surface area contributed by atoms with E-state index in [0.29, 0.717) is 30.8 Å². The van der Waals surface area contributed by atoms with Gasteiger partial charge in [-0.05, 0) is 49.3 Å². The Morgan fingerprint density at radius 1 is 0.765 bits per heavy atom. The molecule has 4 atom stereocenters. The second kappa shape index (κ2) is 15.3. The van der Waals surface area contributed by atoms with Gasteiger partial charge in [-0.1, -0.05) is 36.7 Å². The van der Waals surface area contributed by atoms with Crippen molar-refractivity contribution in [1.29, 1.82) is 0 Å². The Morgan fingerprint density at radius 3 is 1.50 bits per heavy atom. The second-order valence-electron chi connectivity index (χ2n) is 7.89. The highest BCUT2D eigenvalue weighted by molar-refractivity contribution is 8.23. The molecule has 0 aromatic heterocycles. The van der Waals surface area contributed by atoms with Crippen molar-refractivity contribution >= 4 is 104 Å². The Morgan fingerprint density at radius 2 is 1.15 bits per heavy atom. The summed E-state index contributed by atoms with van der Waals surface area (Å²) in [7, 11) is 0. The van der Waals surface area contributed by atoms with E-state index >= 15 is 0 Å². The van der Waals surface area contributed by atoms with Gasteiger partial charge >= 0.3 is 0 Å². The van der Waals surface area contributed by atoms with Crippen molar-refractivity contribution in [3.8, 4) is 0 Å². The van der Waals surface area contributed by atoms with Gasteiger partial charge in [0.2, 0.25) is 10.2 Å². The van der Waals surface area contributed by atoms with Crippen LogP contribution in [0.5, 0.6) is 0 Å². The molecule has 0 saturated carbocycles. The summed E-state index contributed by atoms with van der Waals surface area (Å²) in [5.41, 5.74) is 1.29. The van der Waals surface area contributed by atoms with E-state index in [2.05, 4.69) is 37.4 Å². The van der Waals surface area contributed by atoms with Crippen LogP contribution >= 0.6 is 94.1 Å². The molecule has 0 amide bonds. The molecule has 2 aliphatic rings. The first kappa shape index (κ1) is 29.4. The number of carbonyl (C=O) groups excluding carboxylic acids is 2. The third-order valence-corrected chi connectivity index (χ3v) is 17.1. The molecular formula is C24H30O2S8. The normalized spacial score (nSPS) is 24.3. The molecule has 0 N–H and O–H groups in total. The predicted octanol–water partition coefficient (Wildman–Crippen LogP) is 7.89. The van der Waals surface area contributed by atoms with Crippen molar-refractivity contribution in [3.05, 3.63) is 48.6 Å². The first-order chi connectivity index (χ1) is 16.3. The van der Waals surface area contributed by atoms with Gasteiger partial charge in [0.1, 0.15) is 0 Å². The van der Waals surface area contributed by atoms with E-state index in [9.17, 15) is 9.59 Å². The minimum absolute atomic E-state index is 0.125. The van der Waals surface area contributed by atoms with Crippen molar-refractivity contribution in [2.45, 2.75) is 43.3 Å². The zero-order valence-corrected chi connectivity index (χ0v) is 25.9. The van der Waals surface area contributed by atoms with E-state index in [-0.39, 0.29) is 10.2 Å². The zero-order valence-electron chi connectivity index (χ0n) is 19.4. The molecule has 2 fully saturated rings. The highest BCUT2D eigenvalue weighted by Crippen LogP contribution is 2.43. The van der Waals surface area contributed by atoms with E-state index in [1.807, 2.05) is 70.6 Å². The van der Waals surface area contributed by atoms with E-state index in [0.717, 1.165) is 34.5 Å². The predicted molar refractivity (Wildman–Crippen MR) is 168 cm³/mol. The van der Waals surface area contributed by atoms with Gasteiger partial charge in [0, 0.05) is 54.8 Å². The first-order valence-corrected chi connectivity index (χ1v) is 18.8. The van der Waals surface area contributed by atoms with Crippen LogP contribution in [0.4, 0.5) is 0 Å². The van der Waals surface area contributed by atoms with Crippen molar-refractivity contribution in [1.82, 2.24) is 0 Å². The van der Waals surface area contributed by atoms with Crippen LogP contribution in [0, 0.1) is 0 Å². The van der Waals surface area contributed by atoms with Crippen molar-refractivity contribution in [2.75, 3.05) is 34.5 Å². The van der Waals surface area contributed by atoms with Gasteiger partial charge in [-0.25, -0.2) is 0 Å². The van der Waals surface area contributed by atoms with Gasteiger partial charge in [0.05, 0.1) is 9.16 Å². The van der Waals surface area contributed by atoms with Gasteiger partial charge < -0.3 is 0 Å². The Labute approximate surface area is 238 Å². The molecule has 0 bridgehead atoms. The van der Waals surface area contributed by atoms with Crippen LogP contribution in [-0.2, 0) is 9.59 Å². The number of hydrogen-bond donors (Lipinski definition) is 0. The Hall–Kier alpha value is 0.840. The van der Waals surface area contributed by atoms with Crippen molar-refractivity contribution in [2.24, 2.45) is 0 Å². The third kappa shape index (κ3) is 10.3. The fourth-order valence-electron chi connectivity index (χ4n) is 2.91. The van der Waals surface area contributed by atoms with Crippen LogP contribution < -0.4 is 0 Å². The minimum Gasteiger partial charge on any atom is -0.282 e. The molecule has 2 aliphatic heterocycles. The Balaban J connectivity index is 1.30. The maximum atomic E-state index is 11.7. The van der Waals surface area contributed by atoms with Crippen LogP contribution in [0.3, 0.4) is 0 Å². The summed E-state index contributed by atoms with van der Waals surface area (Å²) in [5, 5.41) is 1.36. The summed E-state index contributed by atoms with van der Waals surface area (Å²) in [6.45, 7) is 11.0. The molecule has 0 radical (unpaired) electrons. The van der Waals surface area contributed by atoms with Gasteiger partial charge in [-0.2, -0.15) is 0 Å². The monoisotopic (exact) mass is 606 g/mol. The topological polar surface area (TPSA) is 34.1 Å². The van der Waals surface area contributed by atoms with Crippen LogP contribution in [-0.4, -0.2) is 64.4 Å². The molecule has 2 heterocycles. The molecule has 1 aromatic rings. The first-order valence-electron chi connectivity index (χ1n) is 10.8. The summed E-state index contributed by atoms with van der Waals surface area (Å²) in [6, 6.07) is 8.98. The maximum absolute atomic E-state index is 11.7. The molecule has 1 aromatic carbocycles. The number of thioether (sulfide) groups is 8. The smallest absolute Gasteiger partial charge is 0.214 e. The summed E-state index contributed by atoms with van der Waals surface area (Å²) in [6.07, 6.45) is 0. The summed E-state index contributed by atoms with van der Waals surface area (Å²) in [5.74, 6) is 6.23. The van der Waals surface area contributed by atoms with Crippen LogP contribution in [0.1, 0.15) is 13.8 Å². The Bertz CT molecular complexity index is 801. The van der Waals surface area contributed by atoms with Gasteiger partial charge in [0.15, 0.2) is 0 Å². The van der Waals surface area contributed by atoms with Crippen LogP contribution in [0.25, 0.3) is 0 Å². The van der Waals surface area contributed by atoms with E-state index in [4.69, 9.17) is 0 Å². The zero-order chi connectivity index (χ0) is 24.5. The number of hydrogen-bond acceptors (Lipinski definition) is 10. The maximum Gasteiger partial charge on any atom is 0.214 e. The number of benzene rings is 1. The second-order valence-corrected chi connectivity index (χ2v) is 18.1. The standard InChI is InChI=1S/C24H30O2S8/c1-15(2)23(25)31-11-19-9-29-21(33-19)13-27-17-5-7-18(8-6-17)28-14-22-30-10-20(34-22)12-32-24(26)16(3)4/h5-8,19-22H,1,3,9-14H2,2,4H3. The molecular weight excluding hydrogens is 577 g/mol. The molecule has 34 heavy (non-hydrogen) atoms. The van der Waals surface area contributed by atoms with Gasteiger partial charge in [0.25, 0.3) is 0 Å². The quantitative estimate of drug-likeness (QED) is 0.173. The lowest BCUT2D eigenvalue weighted by Gasteiger charge is -2.11. The Kier molecular flexibility index (Phi) is 13.2. The molecule has 2 saturated heterocycles. The highest BCUT2D eigenvalue weighted by Gasteiger charge is 2.28.